The molecule has 0 N–H and O–H groups in total. The molecule has 6 nitrogen and oxygen atoms in total. The van der Waals surface area contributed by atoms with Gasteiger partial charge in [0.1, 0.15) is 12.8 Å². The monoisotopic (exact) mass is 394 g/mol. The maximum absolute atomic E-state index is 11.9. The third kappa shape index (κ3) is 11.4. The summed E-state index contributed by atoms with van der Waals surface area (Å²) in [7, 11) is 0. The first kappa shape index (κ1) is 23.9. The van der Waals surface area contributed by atoms with E-state index in [9.17, 15) is 45.5 Å². The predicted molar refractivity (Wildman–Crippen MR) is 71.7 cm³/mol. The quantitative estimate of drug-likeness (QED) is 0.232. The number of carbonyl (C=O) groups is 4. The molecule has 0 aliphatic heterocycles. The SMILES string of the molecule is O=C(CC(=O)C(F)(F)F)OCCCCCCOC(=O)CC(=O)C(F)(F)F. The Hall–Kier alpha value is -2.14. The molecule has 0 bridgehead atoms. The van der Waals surface area contributed by atoms with Crippen LogP contribution in [-0.4, -0.2) is 49.1 Å². The fraction of sp³-hybridized carbons (Fsp3) is 0.714. The Bertz CT molecular complexity index is 465. The van der Waals surface area contributed by atoms with E-state index in [1.54, 1.807) is 0 Å². The number of hydrogen-bond donors (Lipinski definition) is 0. The van der Waals surface area contributed by atoms with Gasteiger partial charge in [0, 0.05) is 0 Å². The van der Waals surface area contributed by atoms with Gasteiger partial charge in [0.15, 0.2) is 0 Å². The van der Waals surface area contributed by atoms with Crippen molar-refractivity contribution in [1.29, 1.82) is 0 Å². The number of esters is 2. The molecule has 0 aliphatic carbocycles. The van der Waals surface area contributed by atoms with E-state index in [-0.39, 0.29) is 26.1 Å². The second-order valence-corrected chi connectivity index (χ2v) is 5.05. The molecule has 0 aromatic heterocycles. The standard InChI is InChI=1S/C14H16F6O6/c15-13(16,17)9(21)7-11(23)25-5-3-1-2-4-6-26-12(24)8-10(22)14(18,19)20/h1-8H2. The average Bonchev–Trinajstić information content (AvgIpc) is 2.47. The van der Waals surface area contributed by atoms with Crippen molar-refractivity contribution in [1.82, 2.24) is 0 Å². The maximum atomic E-state index is 11.9. The molecule has 0 heterocycles. The van der Waals surface area contributed by atoms with Crippen LogP contribution in [0, 0.1) is 0 Å². The number of ether oxygens (including phenoxy) is 2. The molecule has 0 atom stereocenters. The maximum Gasteiger partial charge on any atom is 0.450 e. The van der Waals surface area contributed by atoms with E-state index in [0.29, 0.717) is 12.8 Å². The molecular formula is C14H16F6O6. The van der Waals surface area contributed by atoms with Gasteiger partial charge in [-0.15, -0.1) is 0 Å². The lowest BCUT2D eigenvalue weighted by Crippen LogP contribution is -2.26. The van der Waals surface area contributed by atoms with Gasteiger partial charge in [-0.3, -0.25) is 19.2 Å². The molecule has 0 radical (unpaired) electrons. The Morgan fingerprint density at radius 3 is 1.15 bits per heavy atom. The number of halogens is 6. The summed E-state index contributed by atoms with van der Waals surface area (Å²) < 4.78 is 80.2. The van der Waals surface area contributed by atoms with E-state index in [2.05, 4.69) is 9.47 Å². The fourth-order valence-electron chi connectivity index (χ4n) is 1.49. The molecule has 0 aromatic rings. The van der Waals surface area contributed by atoms with Gasteiger partial charge in [-0.1, -0.05) is 0 Å². The van der Waals surface area contributed by atoms with E-state index in [4.69, 9.17) is 0 Å². The number of ketones is 2. The first-order chi connectivity index (χ1) is 11.8. The predicted octanol–water partition coefficient (Wildman–Crippen LogP) is 2.68. The summed E-state index contributed by atoms with van der Waals surface area (Å²) in [6, 6.07) is 0. The molecule has 0 rings (SSSR count). The molecule has 0 amide bonds. The van der Waals surface area contributed by atoms with Crippen LogP contribution in [0.1, 0.15) is 38.5 Å². The van der Waals surface area contributed by atoms with Crippen LogP contribution >= 0.6 is 0 Å². The van der Waals surface area contributed by atoms with Crippen LogP contribution in [0.4, 0.5) is 26.3 Å². The van der Waals surface area contributed by atoms with Gasteiger partial charge in [-0.25, -0.2) is 0 Å². The van der Waals surface area contributed by atoms with Crippen molar-refractivity contribution in [3.8, 4) is 0 Å². The molecule has 0 aliphatic rings. The lowest BCUT2D eigenvalue weighted by Gasteiger charge is -2.07. The zero-order valence-electron chi connectivity index (χ0n) is 13.4. The Balaban J connectivity index is 3.65. The summed E-state index contributed by atoms with van der Waals surface area (Å²) in [5.41, 5.74) is 0. The Labute approximate surface area is 143 Å². The van der Waals surface area contributed by atoms with E-state index >= 15 is 0 Å². The Kier molecular flexibility index (Phi) is 9.88. The summed E-state index contributed by atoms with van der Waals surface area (Å²) in [6.07, 6.45) is -11.6. The van der Waals surface area contributed by atoms with Crippen molar-refractivity contribution in [2.75, 3.05) is 13.2 Å². The van der Waals surface area contributed by atoms with E-state index < -0.39 is 48.7 Å². The zero-order valence-corrected chi connectivity index (χ0v) is 13.4. The summed E-state index contributed by atoms with van der Waals surface area (Å²) in [4.78, 5) is 42.9. The lowest BCUT2D eigenvalue weighted by atomic mass is 10.2. The second kappa shape index (κ2) is 10.8. The molecule has 0 saturated heterocycles. The molecule has 0 fully saturated rings. The van der Waals surface area contributed by atoms with Gasteiger partial charge in [0.2, 0.25) is 11.6 Å². The summed E-state index contributed by atoms with van der Waals surface area (Å²) in [5.74, 6) is -6.99. The van der Waals surface area contributed by atoms with E-state index in [1.165, 1.54) is 0 Å². The first-order valence-electron chi connectivity index (χ1n) is 7.35. The number of rotatable bonds is 11. The average molecular weight is 394 g/mol. The summed E-state index contributed by atoms with van der Waals surface area (Å²) >= 11 is 0. The first-order valence-corrected chi connectivity index (χ1v) is 7.35. The van der Waals surface area contributed by atoms with Crippen molar-refractivity contribution in [3.05, 3.63) is 0 Å². The van der Waals surface area contributed by atoms with Crippen molar-refractivity contribution in [2.24, 2.45) is 0 Å². The molecule has 0 unspecified atom stereocenters. The molecule has 12 heteroatoms. The minimum atomic E-state index is -5.10. The van der Waals surface area contributed by atoms with Gasteiger partial charge in [-0.2, -0.15) is 26.3 Å². The molecule has 26 heavy (non-hydrogen) atoms. The third-order valence-corrected chi connectivity index (χ3v) is 2.81. The zero-order chi connectivity index (χ0) is 20.4. The molecular weight excluding hydrogens is 378 g/mol. The highest BCUT2D eigenvalue weighted by Crippen LogP contribution is 2.18. The van der Waals surface area contributed by atoms with Crippen LogP contribution in [0.3, 0.4) is 0 Å². The van der Waals surface area contributed by atoms with E-state index in [1.807, 2.05) is 0 Å². The smallest absolute Gasteiger partial charge is 0.450 e. The Morgan fingerprint density at radius 1 is 0.577 bits per heavy atom. The highest BCUT2D eigenvalue weighted by Gasteiger charge is 2.40. The number of unbranched alkanes of at least 4 members (excludes halogenated alkanes) is 3. The summed E-state index contributed by atoms with van der Waals surface area (Å²) in [5, 5.41) is 0. The van der Waals surface area contributed by atoms with Crippen molar-refractivity contribution < 1.29 is 55.0 Å². The fourth-order valence-corrected chi connectivity index (χ4v) is 1.49. The molecule has 0 saturated carbocycles. The van der Waals surface area contributed by atoms with Gasteiger partial charge >= 0.3 is 24.3 Å². The topological polar surface area (TPSA) is 86.7 Å². The van der Waals surface area contributed by atoms with Crippen LogP contribution in [0.25, 0.3) is 0 Å². The second-order valence-electron chi connectivity index (χ2n) is 5.05. The van der Waals surface area contributed by atoms with Crippen LogP contribution in [0.5, 0.6) is 0 Å². The van der Waals surface area contributed by atoms with Crippen molar-refractivity contribution in [2.45, 2.75) is 50.9 Å². The van der Waals surface area contributed by atoms with Gasteiger partial charge in [0.05, 0.1) is 13.2 Å². The molecule has 150 valence electrons. The molecule has 0 aromatic carbocycles. The van der Waals surface area contributed by atoms with Gasteiger partial charge in [-0.05, 0) is 25.7 Å². The van der Waals surface area contributed by atoms with Crippen LogP contribution in [-0.2, 0) is 28.7 Å². The highest BCUT2D eigenvalue weighted by atomic mass is 19.4. The minimum Gasteiger partial charge on any atom is -0.465 e. The van der Waals surface area contributed by atoms with Crippen LogP contribution in [0.15, 0.2) is 0 Å². The highest BCUT2D eigenvalue weighted by molar-refractivity contribution is 5.99. The molecule has 0 spiro atoms. The lowest BCUT2D eigenvalue weighted by molar-refractivity contribution is -0.175. The number of carbonyl (C=O) groups excluding carboxylic acids is 4. The normalized spacial score (nSPS) is 11.8. The third-order valence-electron chi connectivity index (χ3n) is 2.81. The Morgan fingerprint density at radius 2 is 0.885 bits per heavy atom. The number of alkyl halides is 6. The van der Waals surface area contributed by atoms with Crippen molar-refractivity contribution >= 4 is 23.5 Å². The van der Waals surface area contributed by atoms with Crippen LogP contribution < -0.4 is 0 Å². The van der Waals surface area contributed by atoms with Crippen LogP contribution in [0.2, 0.25) is 0 Å². The number of Topliss-reactive ketones (excluding diaryl/α,β-unsaturated/α-hetero) is 2. The largest absolute Gasteiger partial charge is 0.465 e. The van der Waals surface area contributed by atoms with Gasteiger partial charge < -0.3 is 9.47 Å². The summed E-state index contributed by atoms with van der Waals surface area (Å²) in [6.45, 7) is -0.409. The van der Waals surface area contributed by atoms with Crippen molar-refractivity contribution in [3.63, 3.8) is 0 Å². The van der Waals surface area contributed by atoms with E-state index in [0.717, 1.165) is 0 Å². The minimum absolute atomic E-state index is 0.205. The number of hydrogen-bond acceptors (Lipinski definition) is 6. The van der Waals surface area contributed by atoms with Gasteiger partial charge in [0.25, 0.3) is 0 Å².